The zero-order valence-corrected chi connectivity index (χ0v) is 20.3. The number of amides is 1. The first-order valence-electron chi connectivity index (χ1n) is 11.2. The van der Waals surface area contributed by atoms with E-state index in [1.165, 1.54) is 4.90 Å². The molecule has 0 aliphatic carbocycles. The fraction of sp³-hybridized carbons (Fsp3) is 0.360. The maximum Gasteiger partial charge on any atom is 0.414 e. The molecule has 11 heteroatoms. The van der Waals surface area contributed by atoms with Gasteiger partial charge in [0.2, 0.25) is 5.54 Å². The lowest BCUT2D eigenvalue weighted by atomic mass is 9.91. The number of anilines is 1. The highest BCUT2D eigenvalue weighted by molar-refractivity contribution is 6.04. The number of cyclic esters (lactones) is 1. The number of amidine groups is 1. The van der Waals surface area contributed by atoms with E-state index in [1.807, 2.05) is 0 Å². The Morgan fingerprint density at radius 3 is 2.28 bits per heavy atom. The predicted octanol–water partition coefficient (Wildman–Crippen LogP) is 2.04. The zero-order valence-electron chi connectivity index (χ0n) is 20.3. The maximum atomic E-state index is 12.4. The van der Waals surface area contributed by atoms with Gasteiger partial charge in [-0.3, -0.25) is 10.3 Å². The van der Waals surface area contributed by atoms with Crippen molar-refractivity contribution in [1.29, 1.82) is 5.41 Å². The molecule has 0 saturated carbocycles. The first kappa shape index (κ1) is 26.5. The second-order valence-corrected chi connectivity index (χ2v) is 9.49. The van der Waals surface area contributed by atoms with Crippen LogP contribution >= 0.6 is 0 Å². The Hall–Kier alpha value is -4.12. The van der Waals surface area contributed by atoms with Crippen molar-refractivity contribution in [3.05, 3.63) is 59.7 Å². The van der Waals surface area contributed by atoms with Crippen LogP contribution in [0.25, 0.3) is 0 Å². The van der Waals surface area contributed by atoms with Crippen molar-refractivity contribution in [2.45, 2.75) is 44.4 Å². The number of rotatable bonds is 9. The molecular formula is C25H30N4O7. The van der Waals surface area contributed by atoms with Crippen LogP contribution in [0.4, 0.5) is 10.5 Å². The summed E-state index contributed by atoms with van der Waals surface area (Å²) in [7, 11) is 0. The number of carboxylic acid groups (broad SMARTS) is 1. The molecule has 0 aromatic heterocycles. The van der Waals surface area contributed by atoms with Crippen LogP contribution in [0.1, 0.15) is 31.9 Å². The van der Waals surface area contributed by atoms with Gasteiger partial charge < -0.3 is 30.8 Å². The van der Waals surface area contributed by atoms with Crippen molar-refractivity contribution >= 4 is 29.6 Å². The number of nitrogens with one attached hydrogen (secondary N) is 1. The quantitative estimate of drug-likeness (QED) is 0.174. The molecule has 2 unspecified atom stereocenters. The summed E-state index contributed by atoms with van der Waals surface area (Å²) >= 11 is 0. The molecule has 1 amide bonds. The lowest BCUT2D eigenvalue weighted by molar-refractivity contribution is -0.169. The van der Waals surface area contributed by atoms with Crippen molar-refractivity contribution in [1.82, 2.24) is 0 Å². The largest absolute Gasteiger partial charge is 0.490 e. The second kappa shape index (κ2) is 10.2. The smallest absolute Gasteiger partial charge is 0.414 e. The monoisotopic (exact) mass is 498 g/mol. The number of benzene rings is 2. The molecule has 0 bridgehead atoms. The van der Waals surface area contributed by atoms with Crippen LogP contribution in [0.3, 0.4) is 0 Å². The molecule has 6 N–H and O–H groups in total. The summed E-state index contributed by atoms with van der Waals surface area (Å²) in [6, 6.07) is 13.1. The van der Waals surface area contributed by atoms with Gasteiger partial charge in [0.25, 0.3) is 0 Å². The third-order valence-electron chi connectivity index (χ3n) is 5.35. The highest BCUT2D eigenvalue weighted by Gasteiger charge is 2.45. The summed E-state index contributed by atoms with van der Waals surface area (Å²) in [6.07, 6.45) is -1.29. The average Bonchev–Trinajstić information content (AvgIpc) is 3.17. The van der Waals surface area contributed by atoms with Crippen molar-refractivity contribution in [3.8, 4) is 5.75 Å². The molecule has 2 aromatic rings. The second-order valence-electron chi connectivity index (χ2n) is 9.49. The first-order chi connectivity index (χ1) is 16.8. The van der Waals surface area contributed by atoms with Crippen LogP contribution in [0.2, 0.25) is 0 Å². The van der Waals surface area contributed by atoms with Crippen molar-refractivity contribution in [2.24, 2.45) is 11.5 Å². The molecule has 0 spiro atoms. The number of ether oxygens (including phenoxy) is 3. The van der Waals surface area contributed by atoms with E-state index in [0.717, 1.165) is 0 Å². The third kappa shape index (κ3) is 6.30. The minimum atomic E-state index is -2.24. The van der Waals surface area contributed by atoms with Gasteiger partial charge in [-0.05, 0) is 62.7 Å². The molecular weight excluding hydrogens is 468 g/mol. The summed E-state index contributed by atoms with van der Waals surface area (Å²) in [4.78, 5) is 37.9. The Balaban J connectivity index is 1.58. The van der Waals surface area contributed by atoms with Gasteiger partial charge in [0.05, 0.1) is 6.54 Å². The van der Waals surface area contributed by atoms with Gasteiger partial charge in [0.1, 0.15) is 23.8 Å². The third-order valence-corrected chi connectivity index (χ3v) is 5.35. The van der Waals surface area contributed by atoms with E-state index in [-0.39, 0.29) is 25.4 Å². The number of aliphatic carboxylic acids is 1. The van der Waals surface area contributed by atoms with E-state index in [0.29, 0.717) is 22.6 Å². The molecule has 1 aliphatic rings. The summed E-state index contributed by atoms with van der Waals surface area (Å²) in [6.45, 7) is 5.26. The predicted molar refractivity (Wildman–Crippen MR) is 131 cm³/mol. The number of nitrogens with two attached hydrogens (primary N) is 2. The Morgan fingerprint density at radius 1 is 1.14 bits per heavy atom. The van der Waals surface area contributed by atoms with Crippen molar-refractivity contribution < 1.29 is 33.7 Å². The van der Waals surface area contributed by atoms with E-state index in [2.05, 4.69) is 0 Å². The van der Waals surface area contributed by atoms with Gasteiger partial charge in [-0.15, -0.1) is 0 Å². The molecule has 36 heavy (non-hydrogen) atoms. The Morgan fingerprint density at radius 2 is 1.75 bits per heavy atom. The van der Waals surface area contributed by atoms with Crippen LogP contribution in [-0.4, -0.2) is 59.4 Å². The molecule has 1 heterocycles. The number of carbonyl (C=O) groups is 3. The van der Waals surface area contributed by atoms with Crippen molar-refractivity contribution in [3.63, 3.8) is 0 Å². The van der Waals surface area contributed by atoms with Gasteiger partial charge >= 0.3 is 18.0 Å². The Bertz CT molecular complexity index is 1140. The van der Waals surface area contributed by atoms with Gasteiger partial charge in [0.15, 0.2) is 6.10 Å². The minimum absolute atomic E-state index is 0.0622. The van der Waals surface area contributed by atoms with Crippen LogP contribution < -0.4 is 21.1 Å². The molecule has 192 valence electrons. The van der Waals surface area contributed by atoms with Crippen LogP contribution in [-0.2, 0) is 25.5 Å². The average molecular weight is 499 g/mol. The summed E-state index contributed by atoms with van der Waals surface area (Å²) in [5.74, 6) is -2.10. The first-order valence-corrected chi connectivity index (χ1v) is 11.2. The van der Waals surface area contributed by atoms with Gasteiger partial charge in [-0.1, -0.05) is 12.1 Å². The molecule has 1 saturated heterocycles. The maximum absolute atomic E-state index is 12.4. The van der Waals surface area contributed by atoms with Crippen LogP contribution in [0.5, 0.6) is 5.75 Å². The van der Waals surface area contributed by atoms with Gasteiger partial charge in [0, 0.05) is 17.7 Å². The molecule has 1 fully saturated rings. The van der Waals surface area contributed by atoms with Crippen LogP contribution in [0, 0.1) is 5.41 Å². The fourth-order valence-corrected chi connectivity index (χ4v) is 3.46. The number of carboxylic acids is 1. The SMILES string of the molecule is CC(C)(C)OC(=O)C(N)(Cc1ccc(OCC2CN(c3ccc(C(=N)N)cc3)C(=O)O2)cc1)C(=O)O. The minimum Gasteiger partial charge on any atom is -0.490 e. The number of esters is 1. The highest BCUT2D eigenvalue weighted by Crippen LogP contribution is 2.24. The summed E-state index contributed by atoms with van der Waals surface area (Å²) in [5.41, 5.74) is 9.94. The molecule has 11 nitrogen and oxygen atoms in total. The molecule has 1 aliphatic heterocycles. The number of hydrogen-bond acceptors (Lipinski definition) is 8. The van der Waals surface area contributed by atoms with Crippen molar-refractivity contribution in [2.75, 3.05) is 18.1 Å². The zero-order chi connectivity index (χ0) is 26.7. The van der Waals surface area contributed by atoms with E-state index in [1.54, 1.807) is 69.3 Å². The highest BCUT2D eigenvalue weighted by atomic mass is 16.6. The lowest BCUT2D eigenvalue weighted by Gasteiger charge is -2.28. The summed E-state index contributed by atoms with van der Waals surface area (Å²) < 4.78 is 16.3. The Kier molecular flexibility index (Phi) is 7.54. The van der Waals surface area contributed by atoms with Crippen LogP contribution in [0.15, 0.2) is 48.5 Å². The fourth-order valence-electron chi connectivity index (χ4n) is 3.46. The van der Waals surface area contributed by atoms with Gasteiger partial charge in [-0.25, -0.2) is 14.4 Å². The topological polar surface area (TPSA) is 178 Å². The van der Waals surface area contributed by atoms with E-state index >= 15 is 0 Å². The molecule has 3 rings (SSSR count). The van der Waals surface area contributed by atoms with E-state index < -0.39 is 35.3 Å². The molecule has 2 aromatic carbocycles. The normalized spacial score (nSPS) is 17.2. The van der Waals surface area contributed by atoms with Gasteiger partial charge in [-0.2, -0.15) is 0 Å². The standard InChI is InChI=1S/C25H30N4O7/c1-24(2,3)36-22(32)25(28,21(30)31)12-15-4-10-18(11-5-15)34-14-19-13-29(23(33)35-19)17-8-6-16(7-9-17)20(26)27/h4-11,19H,12-14,28H2,1-3H3,(H3,26,27)(H,30,31). The Labute approximate surface area is 208 Å². The number of hydrogen-bond donors (Lipinski definition) is 4. The summed E-state index contributed by atoms with van der Waals surface area (Å²) in [5, 5.41) is 17.0. The van der Waals surface area contributed by atoms with E-state index in [4.69, 9.17) is 31.1 Å². The number of nitrogens with zero attached hydrogens (tertiary/aromatic N) is 1. The van der Waals surface area contributed by atoms with E-state index in [9.17, 15) is 19.5 Å². The number of nitrogen functional groups attached to an aromatic ring is 1. The lowest BCUT2D eigenvalue weighted by Crippen LogP contribution is -2.58. The number of carbonyl (C=O) groups excluding carboxylic acids is 2. The molecule has 2 atom stereocenters. The molecule has 0 radical (unpaired) electrons.